The van der Waals surface area contributed by atoms with Gasteiger partial charge in [-0.15, -0.1) is 6.42 Å². The zero-order valence-corrected chi connectivity index (χ0v) is 9.67. The zero-order chi connectivity index (χ0) is 11.3. The molecule has 1 aromatic heterocycles. The van der Waals surface area contributed by atoms with Crippen molar-refractivity contribution in [1.29, 1.82) is 0 Å². The van der Waals surface area contributed by atoms with Gasteiger partial charge >= 0.3 is 0 Å². The fourth-order valence-electron chi connectivity index (χ4n) is 1.26. The van der Waals surface area contributed by atoms with E-state index in [-0.39, 0.29) is 6.04 Å². The third-order valence-corrected chi connectivity index (χ3v) is 2.49. The van der Waals surface area contributed by atoms with E-state index in [0.717, 1.165) is 24.2 Å². The minimum absolute atomic E-state index is 0.0127. The largest absolute Gasteiger partial charge is 0.356 e. The number of nitrogens with one attached hydrogen (secondary N) is 1. The van der Waals surface area contributed by atoms with Crippen molar-refractivity contribution in [3.05, 3.63) is 17.0 Å². The lowest BCUT2D eigenvalue weighted by Gasteiger charge is -2.14. The lowest BCUT2D eigenvalue weighted by molar-refractivity contribution is 0.843. The van der Waals surface area contributed by atoms with Crippen molar-refractivity contribution in [1.82, 2.24) is 9.97 Å². The van der Waals surface area contributed by atoms with Crippen molar-refractivity contribution in [3.8, 4) is 12.3 Å². The smallest absolute Gasteiger partial charge is 0.137 e. The number of nitrogens with zero attached hydrogens (tertiary/aromatic N) is 2. The molecule has 0 amide bonds. The number of anilines is 1. The first-order valence-corrected chi connectivity index (χ1v) is 5.32. The SMILES string of the molecule is C#CC(CC)Nc1ncnc(Cl)c1CC. The molecule has 1 aromatic rings. The number of halogens is 1. The molecular formula is C11H14ClN3. The van der Waals surface area contributed by atoms with E-state index in [2.05, 4.69) is 21.2 Å². The van der Waals surface area contributed by atoms with Crippen LogP contribution in [0, 0.1) is 12.3 Å². The normalized spacial score (nSPS) is 11.9. The molecule has 15 heavy (non-hydrogen) atoms. The molecule has 0 radical (unpaired) electrons. The minimum atomic E-state index is -0.0127. The second-order valence-corrected chi connectivity index (χ2v) is 3.48. The highest BCUT2D eigenvalue weighted by Crippen LogP contribution is 2.20. The Balaban J connectivity index is 2.94. The maximum absolute atomic E-state index is 5.96. The minimum Gasteiger partial charge on any atom is -0.356 e. The molecule has 0 saturated carbocycles. The summed E-state index contributed by atoms with van der Waals surface area (Å²) in [4.78, 5) is 8.08. The van der Waals surface area contributed by atoms with Crippen LogP contribution in [-0.4, -0.2) is 16.0 Å². The highest BCUT2D eigenvalue weighted by Gasteiger charge is 2.10. The molecule has 0 bridgehead atoms. The van der Waals surface area contributed by atoms with Gasteiger partial charge in [0.1, 0.15) is 17.3 Å². The fourth-order valence-corrected chi connectivity index (χ4v) is 1.52. The molecule has 3 nitrogen and oxygen atoms in total. The van der Waals surface area contributed by atoms with E-state index < -0.39 is 0 Å². The Kier molecular flexibility index (Phi) is 4.38. The van der Waals surface area contributed by atoms with Gasteiger partial charge in [-0.3, -0.25) is 0 Å². The first-order valence-electron chi connectivity index (χ1n) is 4.94. The highest BCUT2D eigenvalue weighted by molar-refractivity contribution is 6.30. The third kappa shape index (κ3) is 2.84. The molecule has 1 heterocycles. The van der Waals surface area contributed by atoms with Crippen LogP contribution in [0.15, 0.2) is 6.33 Å². The first-order chi connectivity index (χ1) is 7.22. The third-order valence-electron chi connectivity index (χ3n) is 2.17. The van der Waals surface area contributed by atoms with Crippen LogP contribution in [0.2, 0.25) is 5.15 Å². The Morgan fingerprint density at radius 3 is 2.80 bits per heavy atom. The molecule has 0 aliphatic rings. The molecule has 0 spiro atoms. The number of hydrogen-bond donors (Lipinski definition) is 1. The maximum Gasteiger partial charge on any atom is 0.137 e. The van der Waals surface area contributed by atoms with E-state index in [9.17, 15) is 0 Å². The topological polar surface area (TPSA) is 37.8 Å². The molecule has 0 aliphatic carbocycles. The molecule has 1 N–H and O–H groups in total. The summed E-state index contributed by atoms with van der Waals surface area (Å²) in [5, 5.41) is 3.65. The fraction of sp³-hybridized carbons (Fsp3) is 0.455. The first kappa shape index (κ1) is 11.8. The predicted octanol–water partition coefficient (Wildman–Crippen LogP) is 2.52. The quantitative estimate of drug-likeness (QED) is 0.630. The van der Waals surface area contributed by atoms with Gasteiger partial charge in [0.05, 0.1) is 6.04 Å². The second-order valence-electron chi connectivity index (χ2n) is 3.12. The molecular weight excluding hydrogens is 210 g/mol. The number of aromatic nitrogens is 2. The Morgan fingerprint density at radius 1 is 1.53 bits per heavy atom. The summed E-state index contributed by atoms with van der Waals surface area (Å²) in [7, 11) is 0. The summed E-state index contributed by atoms with van der Waals surface area (Å²) >= 11 is 5.96. The highest BCUT2D eigenvalue weighted by atomic mass is 35.5. The molecule has 4 heteroatoms. The van der Waals surface area contributed by atoms with Crippen LogP contribution in [0.1, 0.15) is 25.8 Å². The molecule has 0 fully saturated rings. The average molecular weight is 224 g/mol. The lowest BCUT2D eigenvalue weighted by Crippen LogP contribution is -2.18. The van der Waals surface area contributed by atoms with Gasteiger partial charge in [-0.1, -0.05) is 31.4 Å². The van der Waals surface area contributed by atoms with Crippen LogP contribution in [-0.2, 0) is 6.42 Å². The van der Waals surface area contributed by atoms with Crippen LogP contribution in [0.5, 0.6) is 0 Å². The Morgan fingerprint density at radius 2 is 2.27 bits per heavy atom. The summed E-state index contributed by atoms with van der Waals surface area (Å²) in [6.07, 6.45) is 8.44. The Bertz CT molecular complexity index is 371. The number of terminal acetylenes is 1. The van der Waals surface area contributed by atoms with Gasteiger partial charge < -0.3 is 5.32 Å². The van der Waals surface area contributed by atoms with Crippen LogP contribution >= 0.6 is 11.6 Å². The van der Waals surface area contributed by atoms with Gasteiger partial charge in [0, 0.05) is 5.56 Å². The molecule has 1 unspecified atom stereocenters. The summed E-state index contributed by atoms with van der Waals surface area (Å²) < 4.78 is 0. The van der Waals surface area contributed by atoms with Crippen molar-refractivity contribution < 1.29 is 0 Å². The van der Waals surface area contributed by atoms with Gasteiger partial charge in [-0.2, -0.15) is 0 Å². The summed E-state index contributed by atoms with van der Waals surface area (Å²) in [5.41, 5.74) is 0.910. The van der Waals surface area contributed by atoms with Crippen LogP contribution in [0.25, 0.3) is 0 Å². The standard InChI is InChI=1S/C11H14ClN3/c1-4-8(5-2)15-11-9(6-3)10(12)13-7-14-11/h1,7-8H,5-6H2,2-3H3,(H,13,14,15). The predicted molar refractivity (Wildman–Crippen MR) is 63.0 cm³/mol. The van der Waals surface area contributed by atoms with E-state index in [1.54, 1.807) is 0 Å². The van der Waals surface area contributed by atoms with Crippen LogP contribution in [0.3, 0.4) is 0 Å². The van der Waals surface area contributed by atoms with Crippen molar-refractivity contribution in [2.75, 3.05) is 5.32 Å². The molecule has 1 atom stereocenters. The van der Waals surface area contributed by atoms with Gasteiger partial charge in [-0.25, -0.2) is 9.97 Å². The summed E-state index contributed by atoms with van der Waals surface area (Å²) in [6.45, 7) is 4.03. The summed E-state index contributed by atoms with van der Waals surface area (Å²) in [5.74, 6) is 3.39. The Hall–Kier alpha value is -1.27. The van der Waals surface area contributed by atoms with Gasteiger partial charge in [0.25, 0.3) is 0 Å². The van der Waals surface area contributed by atoms with E-state index in [1.807, 2.05) is 13.8 Å². The molecule has 0 saturated heterocycles. The van der Waals surface area contributed by atoms with E-state index >= 15 is 0 Å². The zero-order valence-electron chi connectivity index (χ0n) is 8.92. The average Bonchev–Trinajstić information content (AvgIpc) is 2.26. The number of hydrogen-bond acceptors (Lipinski definition) is 3. The molecule has 1 rings (SSSR count). The molecule has 0 aliphatic heterocycles. The van der Waals surface area contributed by atoms with E-state index in [0.29, 0.717) is 5.15 Å². The molecule has 0 aromatic carbocycles. The monoisotopic (exact) mass is 223 g/mol. The van der Waals surface area contributed by atoms with Crippen molar-refractivity contribution >= 4 is 17.4 Å². The lowest BCUT2D eigenvalue weighted by atomic mass is 10.2. The second kappa shape index (κ2) is 5.57. The van der Waals surface area contributed by atoms with Gasteiger partial charge in [0.15, 0.2) is 0 Å². The van der Waals surface area contributed by atoms with Crippen molar-refractivity contribution in [2.24, 2.45) is 0 Å². The van der Waals surface area contributed by atoms with Gasteiger partial charge in [-0.05, 0) is 12.8 Å². The summed E-state index contributed by atoms with van der Waals surface area (Å²) in [6, 6.07) is -0.0127. The van der Waals surface area contributed by atoms with E-state index in [4.69, 9.17) is 18.0 Å². The van der Waals surface area contributed by atoms with Crippen molar-refractivity contribution in [3.63, 3.8) is 0 Å². The van der Waals surface area contributed by atoms with Crippen molar-refractivity contribution in [2.45, 2.75) is 32.7 Å². The Labute approximate surface area is 95.3 Å². The number of rotatable bonds is 4. The molecule has 80 valence electrons. The van der Waals surface area contributed by atoms with Crippen LogP contribution < -0.4 is 5.32 Å². The van der Waals surface area contributed by atoms with Crippen LogP contribution in [0.4, 0.5) is 5.82 Å². The maximum atomic E-state index is 5.96. The van der Waals surface area contributed by atoms with Gasteiger partial charge in [0.2, 0.25) is 0 Å². The van der Waals surface area contributed by atoms with E-state index in [1.165, 1.54) is 6.33 Å².